The molecule has 1 atom stereocenters. The first kappa shape index (κ1) is 14.1. The quantitative estimate of drug-likeness (QED) is 0.673. The molecule has 106 valence electrons. The van der Waals surface area contributed by atoms with Crippen LogP contribution in [0.5, 0.6) is 11.5 Å². The van der Waals surface area contributed by atoms with Gasteiger partial charge in [-0.15, -0.1) is 0 Å². The van der Waals surface area contributed by atoms with Gasteiger partial charge in [0.05, 0.1) is 13.2 Å². The Labute approximate surface area is 113 Å². The standard InChI is InChI=1S/C14H21NO4/c1-18-13-2-4-14(5-3-13)19-9-12(17)8-15-10-6-11(16)7-10/h2-5,10-12,15-17H,6-9H2,1H3. The molecule has 0 radical (unpaired) electrons. The molecular formula is C14H21NO4. The summed E-state index contributed by atoms with van der Waals surface area (Å²) in [5.74, 6) is 1.48. The van der Waals surface area contributed by atoms with Crippen molar-refractivity contribution in [3.05, 3.63) is 24.3 Å². The van der Waals surface area contributed by atoms with Gasteiger partial charge in [0.25, 0.3) is 0 Å². The van der Waals surface area contributed by atoms with Gasteiger partial charge >= 0.3 is 0 Å². The van der Waals surface area contributed by atoms with Crippen molar-refractivity contribution in [1.29, 1.82) is 0 Å². The molecule has 0 aromatic heterocycles. The summed E-state index contributed by atoms with van der Waals surface area (Å²) in [5.41, 5.74) is 0. The van der Waals surface area contributed by atoms with E-state index in [-0.39, 0.29) is 12.7 Å². The molecule has 1 fully saturated rings. The largest absolute Gasteiger partial charge is 0.497 e. The van der Waals surface area contributed by atoms with E-state index in [0.717, 1.165) is 18.6 Å². The first-order valence-corrected chi connectivity index (χ1v) is 6.53. The summed E-state index contributed by atoms with van der Waals surface area (Å²) in [6.45, 7) is 0.724. The number of methoxy groups -OCH3 is 1. The summed E-state index contributed by atoms with van der Waals surface area (Å²) < 4.78 is 10.5. The highest BCUT2D eigenvalue weighted by Crippen LogP contribution is 2.19. The highest BCUT2D eigenvalue weighted by atomic mass is 16.5. The fourth-order valence-corrected chi connectivity index (χ4v) is 1.98. The van der Waals surface area contributed by atoms with E-state index in [1.807, 2.05) is 12.1 Å². The minimum atomic E-state index is -0.556. The number of nitrogens with one attached hydrogen (secondary N) is 1. The van der Waals surface area contributed by atoms with Crippen molar-refractivity contribution in [3.8, 4) is 11.5 Å². The third kappa shape index (κ3) is 4.38. The molecule has 0 heterocycles. The summed E-state index contributed by atoms with van der Waals surface area (Å²) in [5, 5.41) is 22.1. The maximum absolute atomic E-state index is 9.77. The molecule has 1 aromatic rings. The van der Waals surface area contributed by atoms with E-state index >= 15 is 0 Å². The fraction of sp³-hybridized carbons (Fsp3) is 0.571. The number of hydrogen-bond donors (Lipinski definition) is 3. The Morgan fingerprint density at radius 1 is 1.26 bits per heavy atom. The molecule has 3 N–H and O–H groups in total. The summed E-state index contributed by atoms with van der Waals surface area (Å²) in [6.07, 6.45) is 0.808. The first-order valence-electron chi connectivity index (χ1n) is 6.53. The summed E-state index contributed by atoms with van der Waals surface area (Å²) in [4.78, 5) is 0. The van der Waals surface area contributed by atoms with Crippen molar-refractivity contribution in [3.63, 3.8) is 0 Å². The van der Waals surface area contributed by atoms with E-state index < -0.39 is 6.10 Å². The molecule has 0 amide bonds. The lowest BCUT2D eigenvalue weighted by atomic mass is 9.89. The van der Waals surface area contributed by atoms with Crippen LogP contribution in [0.15, 0.2) is 24.3 Å². The molecule has 1 aromatic carbocycles. The van der Waals surface area contributed by atoms with Crippen molar-refractivity contribution in [2.75, 3.05) is 20.3 Å². The van der Waals surface area contributed by atoms with Crippen LogP contribution in [-0.4, -0.2) is 48.7 Å². The molecule has 1 aliphatic rings. The van der Waals surface area contributed by atoms with Gasteiger partial charge in [-0.25, -0.2) is 0 Å². The number of benzene rings is 1. The van der Waals surface area contributed by atoms with Crippen LogP contribution in [0.3, 0.4) is 0 Å². The minimum absolute atomic E-state index is 0.176. The van der Waals surface area contributed by atoms with E-state index in [1.54, 1.807) is 19.2 Å². The van der Waals surface area contributed by atoms with E-state index in [0.29, 0.717) is 18.3 Å². The Kier molecular flexibility index (Phi) is 5.01. The summed E-state index contributed by atoms with van der Waals surface area (Å²) in [6, 6.07) is 7.57. The van der Waals surface area contributed by atoms with Crippen molar-refractivity contribution < 1.29 is 19.7 Å². The maximum Gasteiger partial charge on any atom is 0.119 e. The molecule has 0 bridgehead atoms. The monoisotopic (exact) mass is 267 g/mol. The third-order valence-corrected chi connectivity index (χ3v) is 3.26. The molecule has 0 saturated heterocycles. The van der Waals surface area contributed by atoms with Crippen LogP contribution >= 0.6 is 0 Å². The van der Waals surface area contributed by atoms with E-state index in [4.69, 9.17) is 14.6 Å². The average molecular weight is 267 g/mol. The van der Waals surface area contributed by atoms with Gasteiger partial charge in [0.1, 0.15) is 24.2 Å². The number of aliphatic hydroxyl groups excluding tert-OH is 2. The number of rotatable bonds is 7. The second-order valence-corrected chi connectivity index (χ2v) is 4.87. The smallest absolute Gasteiger partial charge is 0.119 e. The fourth-order valence-electron chi connectivity index (χ4n) is 1.98. The summed E-state index contributed by atoms with van der Waals surface area (Å²) >= 11 is 0. The third-order valence-electron chi connectivity index (χ3n) is 3.26. The van der Waals surface area contributed by atoms with Gasteiger partial charge in [-0.3, -0.25) is 0 Å². The highest BCUT2D eigenvalue weighted by molar-refractivity contribution is 5.31. The van der Waals surface area contributed by atoms with Crippen molar-refractivity contribution in [2.45, 2.75) is 31.1 Å². The van der Waals surface area contributed by atoms with Crippen LogP contribution in [0.2, 0.25) is 0 Å². The molecule has 5 heteroatoms. The molecule has 5 nitrogen and oxygen atoms in total. The Morgan fingerprint density at radius 2 is 1.89 bits per heavy atom. The van der Waals surface area contributed by atoms with Crippen LogP contribution in [0.1, 0.15) is 12.8 Å². The molecule has 1 saturated carbocycles. The van der Waals surface area contributed by atoms with Gasteiger partial charge in [-0.2, -0.15) is 0 Å². The Hall–Kier alpha value is -1.30. The zero-order valence-corrected chi connectivity index (χ0v) is 11.1. The Balaban J connectivity index is 1.63. The SMILES string of the molecule is COc1ccc(OCC(O)CNC2CC(O)C2)cc1. The van der Waals surface area contributed by atoms with Gasteiger partial charge in [-0.05, 0) is 37.1 Å². The molecule has 2 rings (SSSR count). The molecule has 0 spiro atoms. The minimum Gasteiger partial charge on any atom is -0.497 e. The Morgan fingerprint density at radius 3 is 2.47 bits per heavy atom. The lowest BCUT2D eigenvalue weighted by Crippen LogP contribution is -2.47. The summed E-state index contributed by atoms with van der Waals surface area (Å²) in [7, 11) is 1.61. The van der Waals surface area contributed by atoms with E-state index in [1.165, 1.54) is 0 Å². The Bertz CT molecular complexity index is 376. The lowest BCUT2D eigenvalue weighted by molar-refractivity contribution is 0.0488. The van der Waals surface area contributed by atoms with Crippen LogP contribution in [0.4, 0.5) is 0 Å². The van der Waals surface area contributed by atoms with Gasteiger partial charge in [-0.1, -0.05) is 0 Å². The van der Waals surface area contributed by atoms with E-state index in [9.17, 15) is 5.11 Å². The predicted molar refractivity (Wildman–Crippen MR) is 71.5 cm³/mol. The maximum atomic E-state index is 9.77. The van der Waals surface area contributed by atoms with Crippen molar-refractivity contribution >= 4 is 0 Å². The molecular weight excluding hydrogens is 246 g/mol. The zero-order valence-electron chi connectivity index (χ0n) is 11.1. The van der Waals surface area contributed by atoms with Crippen molar-refractivity contribution in [1.82, 2.24) is 5.32 Å². The van der Waals surface area contributed by atoms with Crippen LogP contribution < -0.4 is 14.8 Å². The number of hydrogen-bond acceptors (Lipinski definition) is 5. The van der Waals surface area contributed by atoms with Gasteiger partial charge in [0.2, 0.25) is 0 Å². The number of ether oxygens (including phenoxy) is 2. The normalized spacial score (nSPS) is 23.5. The molecule has 1 unspecified atom stereocenters. The topological polar surface area (TPSA) is 71.0 Å². The lowest BCUT2D eigenvalue weighted by Gasteiger charge is -2.32. The van der Waals surface area contributed by atoms with Crippen LogP contribution in [-0.2, 0) is 0 Å². The highest BCUT2D eigenvalue weighted by Gasteiger charge is 2.26. The second-order valence-electron chi connectivity index (χ2n) is 4.87. The van der Waals surface area contributed by atoms with Gasteiger partial charge in [0, 0.05) is 12.6 Å². The van der Waals surface area contributed by atoms with Crippen molar-refractivity contribution in [2.24, 2.45) is 0 Å². The van der Waals surface area contributed by atoms with Gasteiger partial charge < -0.3 is 25.0 Å². The predicted octanol–water partition coefficient (Wildman–Crippen LogP) is 0.548. The first-order chi connectivity index (χ1) is 9.17. The van der Waals surface area contributed by atoms with Gasteiger partial charge in [0.15, 0.2) is 0 Å². The number of aliphatic hydroxyl groups is 2. The zero-order chi connectivity index (χ0) is 13.7. The molecule has 0 aliphatic heterocycles. The van der Waals surface area contributed by atoms with Crippen LogP contribution in [0, 0.1) is 0 Å². The second kappa shape index (κ2) is 6.75. The average Bonchev–Trinajstić information content (AvgIpc) is 2.40. The van der Waals surface area contributed by atoms with E-state index in [2.05, 4.69) is 5.32 Å². The molecule has 1 aliphatic carbocycles. The van der Waals surface area contributed by atoms with Crippen LogP contribution in [0.25, 0.3) is 0 Å². The molecule has 19 heavy (non-hydrogen) atoms.